The Morgan fingerprint density at radius 3 is 2.60 bits per heavy atom. The Kier molecular flexibility index (Phi) is 5.01. The van der Waals surface area contributed by atoms with Gasteiger partial charge in [0.05, 0.1) is 16.7 Å². The number of fused-ring (bicyclic) bond motifs is 1. The molecule has 3 rings (SSSR count). The second-order valence-electron chi connectivity index (χ2n) is 5.92. The molecule has 1 heterocycles. The van der Waals surface area contributed by atoms with Crippen LogP contribution in [0.25, 0.3) is 0 Å². The third-order valence-corrected chi connectivity index (χ3v) is 6.18. The summed E-state index contributed by atoms with van der Waals surface area (Å²) in [5.41, 5.74) is 0.626. The summed E-state index contributed by atoms with van der Waals surface area (Å²) < 4.78 is 29.9. The quantitative estimate of drug-likeness (QED) is 0.885. The van der Waals surface area contributed by atoms with E-state index in [1.54, 1.807) is 55.5 Å². The first-order chi connectivity index (χ1) is 11.9. The Bertz CT molecular complexity index is 880. The Hall–Kier alpha value is -2.05. The summed E-state index contributed by atoms with van der Waals surface area (Å²) in [5.74, 6) is 0.259. The summed E-state index contributed by atoms with van der Waals surface area (Å²) in [6, 6.07) is 13.2. The molecular weight excluding hydrogens is 362 g/mol. The van der Waals surface area contributed by atoms with Crippen molar-refractivity contribution in [2.24, 2.45) is 0 Å². The first kappa shape index (κ1) is 17.8. The molecule has 0 bridgehead atoms. The number of carbonyl (C=O) groups excluding carboxylic acids is 1. The van der Waals surface area contributed by atoms with Crippen molar-refractivity contribution in [3.8, 4) is 5.75 Å². The van der Waals surface area contributed by atoms with E-state index in [1.165, 1.54) is 0 Å². The van der Waals surface area contributed by atoms with Gasteiger partial charge in [0.25, 0.3) is 5.91 Å². The van der Waals surface area contributed by atoms with Gasteiger partial charge >= 0.3 is 0 Å². The Morgan fingerprint density at radius 2 is 1.88 bits per heavy atom. The number of rotatable bonds is 4. The maximum Gasteiger partial charge on any atom is 0.261 e. The average molecular weight is 380 g/mol. The molecule has 7 heteroatoms. The normalized spacial score (nSPS) is 19.5. The molecule has 2 atom stereocenters. The van der Waals surface area contributed by atoms with Crippen LogP contribution in [0.4, 0.5) is 0 Å². The van der Waals surface area contributed by atoms with E-state index in [-0.39, 0.29) is 22.6 Å². The van der Waals surface area contributed by atoms with Gasteiger partial charge in [-0.1, -0.05) is 29.8 Å². The zero-order valence-electron chi connectivity index (χ0n) is 13.6. The van der Waals surface area contributed by atoms with Crippen LogP contribution in [-0.2, 0) is 14.6 Å². The fourth-order valence-corrected chi connectivity index (χ4v) is 4.55. The maximum atomic E-state index is 12.4. The first-order valence-electron chi connectivity index (χ1n) is 7.91. The SMILES string of the molecule is C[C@@H](Oc1ccc(Cl)cc1)C(=O)N[C@@H]1CCS(=O)(=O)c2ccccc21. The van der Waals surface area contributed by atoms with Gasteiger partial charge < -0.3 is 10.1 Å². The largest absolute Gasteiger partial charge is 0.481 e. The van der Waals surface area contributed by atoms with Crippen molar-refractivity contribution in [3.05, 3.63) is 59.1 Å². The molecule has 2 aromatic rings. The highest BCUT2D eigenvalue weighted by Crippen LogP contribution is 2.32. The van der Waals surface area contributed by atoms with Crippen LogP contribution in [0.2, 0.25) is 5.02 Å². The van der Waals surface area contributed by atoms with Crippen molar-refractivity contribution in [1.82, 2.24) is 5.32 Å². The van der Waals surface area contributed by atoms with Crippen molar-refractivity contribution in [1.29, 1.82) is 0 Å². The minimum Gasteiger partial charge on any atom is -0.481 e. The second kappa shape index (κ2) is 7.06. The van der Waals surface area contributed by atoms with Gasteiger partial charge in [-0.05, 0) is 49.2 Å². The van der Waals surface area contributed by atoms with Crippen LogP contribution in [0.1, 0.15) is 24.9 Å². The smallest absolute Gasteiger partial charge is 0.261 e. The van der Waals surface area contributed by atoms with Crippen molar-refractivity contribution in [3.63, 3.8) is 0 Å². The highest BCUT2D eigenvalue weighted by Gasteiger charge is 2.31. The lowest BCUT2D eigenvalue weighted by atomic mass is 10.0. The molecule has 1 N–H and O–H groups in total. The predicted molar refractivity (Wildman–Crippen MR) is 95.5 cm³/mol. The molecule has 25 heavy (non-hydrogen) atoms. The van der Waals surface area contributed by atoms with E-state index in [9.17, 15) is 13.2 Å². The lowest BCUT2D eigenvalue weighted by molar-refractivity contribution is -0.128. The van der Waals surface area contributed by atoms with E-state index in [0.717, 1.165) is 0 Å². The summed E-state index contributed by atoms with van der Waals surface area (Å²) in [6.07, 6.45) is -0.370. The zero-order valence-corrected chi connectivity index (χ0v) is 15.2. The Balaban J connectivity index is 1.71. The minimum atomic E-state index is -3.28. The van der Waals surface area contributed by atoms with Crippen molar-refractivity contribution in [2.45, 2.75) is 30.4 Å². The van der Waals surface area contributed by atoms with Crippen molar-refractivity contribution in [2.75, 3.05) is 5.75 Å². The number of nitrogens with one attached hydrogen (secondary N) is 1. The molecule has 5 nitrogen and oxygen atoms in total. The molecule has 0 fully saturated rings. The fourth-order valence-electron chi connectivity index (χ4n) is 2.80. The topological polar surface area (TPSA) is 72.5 Å². The molecule has 0 aromatic heterocycles. The molecule has 0 radical (unpaired) electrons. The van der Waals surface area contributed by atoms with Gasteiger partial charge in [-0.25, -0.2) is 8.42 Å². The molecule has 0 unspecified atom stereocenters. The van der Waals surface area contributed by atoms with Crippen LogP contribution in [0, 0.1) is 0 Å². The van der Waals surface area contributed by atoms with Crippen molar-refractivity contribution >= 4 is 27.3 Å². The maximum absolute atomic E-state index is 12.4. The lowest BCUT2D eigenvalue weighted by Gasteiger charge is -2.27. The van der Waals surface area contributed by atoms with Crippen LogP contribution in [0.3, 0.4) is 0 Å². The molecule has 1 amide bonds. The Morgan fingerprint density at radius 1 is 1.20 bits per heavy atom. The van der Waals surface area contributed by atoms with E-state index >= 15 is 0 Å². The summed E-state index contributed by atoms with van der Waals surface area (Å²) in [4.78, 5) is 12.7. The molecule has 0 spiro atoms. The summed E-state index contributed by atoms with van der Waals surface area (Å²) in [6.45, 7) is 1.65. The van der Waals surface area contributed by atoms with E-state index in [2.05, 4.69) is 5.32 Å². The number of ether oxygens (including phenoxy) is 1. The highest BCUT2D eigenvalue weighted by molar-refractivity contribution is 7.91. The van der Waals surface area contributed by atoms with Gasteiger partial charge in [0, 0.05) is 5.02 Å². The van der Waals surface area contributed by atoms with E-state index in [0.29, 0.717) is 22.8 Å². The summed E-state index contributed by atoms with van der Waals surface area (Å²) in [7, 11) is -3.28. The van der Waals surface area contributed by atoms with Gasteiger partial charge in [0.2, 0.25) is 0 Å². The summed E-state index contributed by atoms with van der Waals surface area (Å²) >= 11 is 5.83. The number of halogens is 1. The van der Waals surface area contributed by atoms with Crippen LogP contribution in [0.5, 0.6) is 5.75 Å². The van der Waals surface area contributed by atoms with E-state index in [1.807, 2.05) is 0 Å². The second-order valence-corrected chi connectivity index (χ2v) is 8.43. The van der Waals surface area contributed by atoms with Gasteiger partial charge in [0.15, 0.2) is 15.9 Å². The molecule has 1 aliphatic heterocycles. The first-order valence-corrected chi connectivity index (χ1v) is 9.94. The number of hydrogen-bond acceptors (Lipinski definition) is 4. The monoisotopic (exact) mass is 379 g/mol. The fraction of sp³-hybridized carbons (Fsp3) is 0.278. The van der Waals surface area contributed by atoms with E-state index in [4.69, 9.17) is 16.3 Å². The molecular formula is C18H18ClNO4S. The van der Waals surface area contributed by atoms with Crippen LogP contribution < -0.4 is 10.1 Å². The van der Waals surface area contributed by atoms with Crippen molar-refractivity contribution < 1.29 is 17.9 Å². The third-order valence-electron chi connectivity index (χ3n) is 4.12. The number of sulfone groups is 1. The predicted octanol–water partition coefficient (Wildman–Crippen LogP) is 3.14. The minimum absolute atomic E-state index is 0.0153. The highest BCUT2D eigenvalue weighted by atomic mass is 35.5. The van der Waals surface area contributed by atoms with Crippen LogP contribution in [0.15, 0.2) is 53.4 Å². The third kappa shape index (κ3) is 3.96. The van der Waals surface area contributed by atoms with Gasteiger partial charge in [-0.2, -0.15) is 0 Å². The molecule has 132 valence electrons. The zero-order chi connectivity index (χ0) is 18.0. The number of carbonyl (C=O) groups is 1. The molecule has 2 aromatic carbocycles. The lowest BCUT2D eigenvalue weighted by Crippen LogP contribution is -2.40. The molecule has 0 aliphatic carbocycles. The summed E-state index contributed by atoms with van der Waals surface area (Å²) in [5, 5.41) is 3.48. The Labute approximate surface area is 151 Å². The molecule has 0 saturated heterocycles. The number of hydrogen-bond donors (Lipinski definition) is 1. The molecule has 0 saturated carbocycles. The van der Waals surface area contributed by atoms with E-state index < -0.39 is 15.9 Å². The van der Waals surface area contributed by atoms with Gasteiger partial charge in [-0.15, -0.1) is 0 Å². The van der Waals surface area contributed by atoms with Gasteiger partial charge in [-0.3, -0.25) is 4.79 Å². The number of benzene rings is 2. The molecule has 1 aliphatic rings. The van der Waals surface area contributed by atoms with Gasteiger partial charge in [0.1, 0.15) is 5.75 Å². The average Bonchev–Trinajstić information content (AvgIpc) is 2.59. The standard InChI is InChI=1S/C18H18ClNO4S/c1-12(24-14-8-6-13(19)7-9-14)18(21)20-16-10-11-25(22,23)17-5-3-2-4-15(16)17/h2-9,12,16H,10-11H2,1H3,(H,20,21)/t12-,16-/m1/s1. The number of amides is 1. The van der Waals surface area contributed by atoms with Crippen LogP contribution in [-0.4, -0.2) is 26.2 Å². The van der Waals surface area contributed by atoms with Crippen LogP contribution >= 0.6 is 11.6 Å².